The second-order valence-electron chi connectivity index (χ2n) is 4.79. The number of benzene rings is 2. The Balaban J connectivity index is 1.97. The molecule has 6 heteroatoms. The van der Waals surface area contributed by atoms with Crippen LogP contribution in [0, 0.1) is 0 Å². The van der Waals surface area contributed by atoms with Gasteiger partial charge in [0.2, 0.25) is 0 Å². The molecule has 0 fully saturated rings. The van der Waals surface area contributed by atoms with E-state index in [1.54, 1.807) is 30.5 Å². The van der Waals surface area contributed by atoms with Crippen molar-refractivity contribution in [3.05, 3.63) is 58.6 Å². The van der Waals surface area contributed by atoms with Crippen molar-refractivity contribution >= 4 is 29.5 Å². The summed E-state index contributed by atoms with van der Waals surface area (Å²) in [6, 6.07) is 11.8. The molecule has 0 aliphatic carbocycles. The molecule has 0 aliphatic heterocycles. The minimum atomic E-state index is -0.958. The summed E-state index contributed by atoms with van der Waals surface area (Å²) in [6.45, 7) is 2.66. The number of carbonyl (C=O) groups is 1. The van der Waals surface area contributed by atoms with Crippen LogP contribution in [0.5, 0.6) is 5.75 Å². The Morgan fingerprint density at radius 1 is 1.30 bits per heavy atom. The largest absolute Gasteiger partial charge is 0.492 e. The first-order valence-electron chi connectivity index (χ1n) is 7.15. The van der Waals surface area contributed by atoms with Crippen LogP contribution in [0.3, 0.4) is 0 Å². The summed E-state index contributed by atoms with van der Waals surface area (Å²) < 4.78 is 5.51. The average Bonchev–Trinajstić information content (AvgIpc) is 2.54. The Hall–Kier alpha value is -2.53. The summed E-state index contributed by atoms with van der Waals surface area (Å²) in [5.74, 6) is -0.303. The van der Waals surface area contributed by atoms with E-state index in [0.717, 1.165) is 12.0 Å². The Labute approximate surface area is 139 Å². The number of aromatic carboxylic acids is 1. The van der Waals surface area contributed by atoms with Gasteiger partial charge in [0.15, 0.2) is 0 Å². The maximum Gasteiger partial charge on any atom is 0.335 e. The lowest BCUT2D eigenvalue weighted by Crippen LogP contribution is -1.97. The van der Waals surface area contributed by atoms with Gasteiger partial charge in [0.05, 0.1) is 29.1 Å². The van der Waals surface area contributed by atoms with Crippen molar-refractivity contribution in [3.8, 4) is 5.75 Å². The standard InChI is InChI=1S/C17H17ClN2O3/c1-2-9-23-16-8-3-12(10-15(16)18)11-19-20-14-6-4-13(5-7-14)17(21)22/h3-8,10-11,20H,2,9H2,1H3,(H,21,22). The Morgan fingerprint density at radius 2 is 2.04 bits per heavy atom. The van der Waals surface area contributed by atoms with Crippen LogP contribution in [0.25, 0.3) is 0 Å². The summed E-state index contributed by atoms with van der Waals surface area (Å²) in [5, 5.41) is 13.5. The van der Waals surface area contributed by atoms with Crippen LogP contribution in [-0.4, -0.2) is 23.9 Å². The van der Waals surface area contributed by atoms with E-state index in [0.29, 0.717) is 23.1 Å². The summed E-state index contributed by atoms with van der Waals surface area (Å²) in [5.41, 5.74) is 4.58. The number of anilines is 1. The molecule has 0 unspecified atom stereocenters. The van der Waals surface area contributed by atoms with Crippen molar-refractivity contribution < 1.29 is 14.6 Å². The molecule has 0 amide bonds. The molecular formula is C17H17ClN2O3. The van der Waals surface area contributed by atoms with E-state index in [1.807, 2.05) is 13.0 Å². The molecule has 0 spiro atoms. The summed E-state index contributed by atoms with van der Waals surface area (Å²) >= 11 is 6.15. The van der Waals surface area contributed by atoms with Gasteiger partial charge in [-0.05, 0) is 54.4 Å². The minimum absolute atomic E-state index is 0.231. The zero-order valence-corrected chi connectivity index (χ0v) is 13.4. The first kappa shape index (κ1) is 16.8. The molecule has 5 nitrogen and oxygen atoms in total. The van der Waals surface area contributed by atoms with E-state index >= 15 is 0 Å². The van der Waals surface area contributed by atoms with Crippen LogP contribution in [-0.2, 0) is 0 Å². The highest BCUT2D eigenvalue weighted by Gasteiger charge is 2.02. The zero-order chi connectivity index (χ0) is 16.7. The van der Waals surface area contributed by atoms with Crippen molar-refractivity contribution in [1.29, 1.82) is 0 Å². The number of nitrogens with one attached hydrogen (secondary N) is 1. The van der Waals surface area contributed by atoms with Gasteiger partial charge in [0.1, 0.15) is 5.75 Å². The maximum absolute atomic E-state index is 10.8. The number of halogens is 1. The Morgan fingerprint density at radius 3 is 2.65 bits per heavy atom. The molecule has 2 aromatic carbocycles. The van der Waals surface area contributed by atoms with Crippen LogP contribution in [0.2, 0.25) is 5.02 Å². The van der Waals surface area contributed by atoms with Gasteiger partial charge in [-0.3, -0.25) is 5.43 Å². The number of carboxylic acids is 1. The van der Waals surface area contributed by atoms with Crippen LogP contribution >= 0.6 is 11.6 Å². The predicted molar refractivity (Wildman–Crippen MR) is 91.9 cm³/mol. The van der Waals surface area contributed by atoms with Gasteiger partial charge in [0.25, 0.3) is 0 Å². The smallest absolute Gasteiger partial charge is 0.335 e. The van der Waals surface area contributed by atoms with Crippen molar-refractivity contribution in [2.75, 3.05) is 12.0 Å². The molecule has 0 bridgehead atoms. The molecular weight excluding hydrogens is 316 g/mol. The molecule has 0 saturated carbocycles. The van der Waals surface area contributed by atoms with Gasteiger partial charge < -0.3 is 9.84 Å². The predicted octanol–water partition coefficient (Wildman–Crippen LogP) is 4.27. The third kappa shape index (κ3) is 5.00. The van der Waals surface area contributed by atoms with E-state index in [1.165, 1.54) is 12.1 Å². The molecule has 0 radical (unpaired) electrons. The van der Waals surface area contributed by atoms with Gasteiger partial charge in [-0.2, -0.15) is 5.10 Å². The molecule has 2 rings (SSSR count). The zero-order valence-electron chi connectivity index (χ0n) is 12.6. The summed E-state index contributed by atoms with van der Waals surface area (Å²) in [6.07, 6.45) is 2.55. The van der Waals surface area contributed by atoms with Crippen molar-refractivity contribution in [3.63, 3.8) is 0 Å². The van der Waals surface area contributed by atoms with Gasteiger partial charge in [-0.15, -0.1) is 0 Å². The Kier molecular flexibility index (Phi) is 6.00. The fraction of sp³-hybridized carbons (Fsp3) is 0.176. The van der Waals surface area contributed by atoms with Crippen LogP contribution in [0.4, 0.5) is 5.69 Å². The quantitative estimate of drug-likeness (QED) is 0.586. The number of hydrogen-bond donors (Lipinski definition) is 2. The summed E-state index contributed by atoms with van der Waals surface area (Å²) in [4.78, 5) is 10.8. The molecule has 0 aliphatic rings. The molecule has 0 saturated heterocycles. The fourth-order valence-electron chi connectivity index (χ4n) is 1.80. The molecule has 23 heavy (non-hydrogen) atoms. The first-order valence-corrected chi connectivity index (χ1v) is 7.52. The maximum atomic E-state index is 10.8. The van der Waals surface area contributed by atoms with Gasteiger partial charge in [0, 0.05) is 0 Å². The molecule has 0 heterocycles. The monoisotopic (exact) mass is 332 g/mol. The van der Waals surface area contributed by atoms with Crippen molar-refractivity contribution in [1.82, 2.24) is 0 Å². The molecule has 2 N–H and O–H groups in total. The van der Waals surface area contributed by atoms with Crippen molar-refractivity contribution in [2.45, 2.75) is 13.3 Å². The van der Waals surface area contributed by atoms with E-state index < -0.39 is 5.97 Å². The SMILES string of the molecule is CCCOc1ccc(C=NNc2ccc(C(=O)O)cc2)cc1Cl. The highest BCUT2D eigenvalue weighted by molar-refractivity contribution is 6.32. The van der Waals surface area contributed by atoms with E-state index in [-0.39, 0.29) is 5.56 Å². The number of carboxylic acid groups (broad SMARTS) is 1. The third-order valence-corrected chi connectivity index (χ3v) is 3.25. The summed E-state index contributed by atoms with van der Waals surface area (Å²) in [7, 11) is 0. The number of rotatable bonds is 7. The second-order valence-corrected chi connectivity index (χ2v) is 5.20. The van der Waals surface area contributed by atoms with E-state index in [4.69, 9.17) is 21.4 Å². The average molecular weight is 333 g/mol. The minimum Gasteiger partial charge on any atom is -0.492 e. The lowest BCUT2D eigenvalue weighted by Gasteiger charge is -2.07. The highest BCUT2D eigenvalue weighted by atomic mass is 35.5. The lowest BCUT2D eigenvalue weighted by atomic mass is 10.2. The van der Waals surface area contributed by atoms with Crippen LogP contribution < -0.4 is 10.2 Å². The van der Waals surface area contributed by atoms with Gasteiger partial charge in [-0.25, -0.2) is 4.79 Å². The third-order valence-electron chi connectivity index (χ3n) is 2.96. The topological polar surface area (TPSA) is 70.9 Å². The fourth-order valence-corrected chi connectivity index (χ4v) is 2.04. The van der Waals surface area contributed by atoms with Gasteiger partial charge >= 0.3 is 5.97 Å². The second kappa shape index (κ2) is 8.19. The molecule has 0 atom stereocenters. The van der Waals surface area contributed by atoms with E-state index in [2.05, 4.69) is 10.5 Å². The highest BCUT2D eigenvalue weighted by Crippen LogP contribution is 2.25. The number of hydrogen-bond acceptors (Lipinski definition) is 4. The molecule has 2 aromatic rings. The Bertz CT molecular complexity index is 699. The number of ether oxygens (including phenoxy) is 1. The van der Waals surface area contributed by atoms with Crippen molar-refractivity contribution in [2.24, 2.45) is 5.10 Å². The van der Waals surface area contributed by atoms with Crippen LogP contribution in [0.15, 0.2) is 47.6 Å². The number of hydrazone groups is 1. The normalized spacial score (nSPS) is 10.7. The number of nitrogens with zero attached hydrogens (tertiary/aromatic N) is 1. The molecule has 120 valence electrons. The van der Waals surface area contributed by atoms with Crippen LogP contribution in [0.1, 0.15) is 29.3 Å². The van der Waals surface area contributed by atoms with Gasteiger partial charge in [-0.1, -0.05) is 18.5 Å². The first-order chi connectivity index (χ1) is 11.1. The lowest BCUT2D eigenvalue weighted by molar-refractivity contribution is 0.0697. The molecule has 0 aromatic heterocycles. The van der Waals surface area contributed by atoms with E-state index in [9.17, 15) is 4.79 Å².